The number of carbonyl (C=O) groups is 3. The highest BCUT2D eigenvalue weighted by molar-refractivity contribution is 5.96. The molecule has 1 aromatic carbocycles. The maximum absolute atomic E-state index is 12.4. The van der Waals surface area contributed by atoms with Crippen molar-refractivity contribution in [1.82, 2.24) is 5.32 Å². The highest BCUT2D eigenvalue weighted by atomic mass is 16.6. The average molecular weight is 535 g/mol. The van der Waals surface area contributed by atoms with Gasteiger partial charge in [0, 0.05) is 12.3 Å². The van der Waals surface area contributed by atoms with E-state index < -0.39 is 17.9 Å². The lowest BCUT2D eigenvalue weighted by molar-refractivity contribution is -0.142. The fourth-order valence-corrected chi connectivity index (χ4v) is 8.77. The zero-order chi connectivity index (χ0) is 27.8. The number of amides is 1. The van der Waals surface area contributed by atoms with Gasteiger partial charge in [0.05, 0.1) is 5.71 Å². The summed E-state index contributed by atoms with van der Waals surface area (Å²) in [6.45, 7) is 6.29. The molecule has 3 saturated carbocycles. The molecule has 0 bridgehead atoms. The minimum Gasteiger partial charge on any atom is -0.480 e. The van der Waals surface area contributed by atoms with E-state index in [-0.39, 0.29) is 29.8 Å². The van der Waals surface area contributed by atoms with Gasteiger partial charge in [-0.25, -0.2) is 4.79 Å². The van der Waals surface area contributed by atoms with Crippen LogP contribution in [0.3, 0.4) is 0 Å². The fourth-order valence-electron chi connectivity index (χ4n) is 8.77. The first-order valence-electron chi connectivity index (χ1n) is 14.6. The highest BCUT2D eigenvalue weighted by Crippen LogP contribution is 2.66. The average Bonchev–Trinajstić information content (AvgIpc) is 3.26. The van der Waals surface area contributed by atoms with Gasteiger partial charge >= 0.3 is 5.97 Å². The Morgan fingerprint density at radius 2 is 1.82 bits per heavy atom. The van der Waals surface area contributed by atoms with Crippen molar-refractivity contribution in [3.8, 4) is 0 Å². The second kappa shape index (κ2) is 10.9. The Kier molecular flexibility index (Phi) is 7.71. The Bertz CT molecular complexity index is 1180. The summed E-state index contributed by atoms with van der Waals surface area (Å²) in [5.74, 6) is 1.01. The molecule has 210 valence electrons. The third-order valence-corrected chi connectivity index (χ3v) is 10.8. The quantitative estimate of drug-likeness (QED) is 0.438. The van der Waals surface area contributed by atoms with Crippen molar-refractivity contribution in [3.05, 3.63) is 47.5 Å². The van der Waals surface area contributed by atoms with Gasteiger partial charge in [0.25, 0.3) is 5.91 Å². The molecule has 0 unspecified atom stereocenters. The minimum absolute atomic E-state index is 0.154. The van der Waals surface area contributed by atoms with Crippen LogP contribution in [0.15, 0.2) is 47.1 Å². The number of hydrogen-bond donors (Lipinski definition) is 2. The molecular weight excluding hydrogens is 492 g/mol. The second-order valence-electron chi connectivity index (χ2n) is 12.8. The fraction of sp³-hybridized carbons (Fsp3) is 0.625. The number of rotatable bonds is 8. The van der Waals surface area contributed by atoms with Crippen molar-refractivity contribution in [2.75, 3.05) is 6.61 Å². The maximum Gasteiger partial charge on any atom is 0.326 e. The van der Waals surface area contributed by atoms with Crippen molar-refractivity contribution in [1.29, 1.82) is 0 Å². The number of ketones is 1. The summed E-state index contributed by atoms with van der Waals surface area (Å²) in [5.41, 5.74) is 3.46. The van der Waals surface area contributed by atoms with E-state index in [0.717, 1.165) is 43.4 Å². The highest BCUT2D eigenvalue weighted by Gasteiger charge is 2.59. The number of nitrogens with one attached hydrogen (secondary N) is 1. The Morgan fingerprint density at radius 3 is 2.54 bits per heavy atom. The smallest absolute Gasteiger partial charge is 0.326 e. The first-order chi connectivity index (χ1) is 18.6. The van der Waals surface area contributed by atoms with Crippen LogP contribution in [0.5, 0.6) is 0 Å². The van der Waals surface area contributed by atoms with Gasteiger partial charge in [0.2, 0.25) is 0 Å². The van der Waals surface area contributed by atoms with Gasteiger partial charge in [0.15, 0.2) is 6.61 Å². The summed E-state index contributed by atoms with van der Waals surface area (Å²) in [5, 5.41) is 16.3. The van der Waals surface area contributed by atoms with Gasteiger partial charge in [-0.05, 0) is 98.5 Å². The third kappa shape index (κ3) is 5.29. The van der Waals surface area contributed by atoms with E-state index in [1.54, 1.807) is 6.92 Å². The third-order valence-electron chi connectivity index (χ3n) is 10.8. The predicted octanol–water partition coefficient (Wildman–Crippen LogP) is 5.34. The molecule has 0 heterocycles. The molecule has 4 aliphatic rings. The monoisotopic (exact) mass is 534 g/mol. The molecule has 2 N–H and O–H groups in total. The van der Waals surface area contributed by atoms with Gasteiger partial charge in [-0.3, -0.25) is 9.59 Å². The summed E-state index contributed by atoms with van der Waals surface area (Å²) in [6.07, 6.45) is 11.0. The molecular formula is C32H42N2O5. The van der Waals surface area contributed by atoms with Crippen LogP contribution in [0.1, 0.15) is 77.7 Å². The molecule has 7 nitrogen and oxygen atoms in total. The van der Waals surface area contributed by atoms with Crippen molar-refractivity contribution in [2.45, 2.75) is 84.6 Å². The molecule has 7 heteroatoms. The second-order valence-corrected chi connectivity index (χ2v) is 12.8. The normalized spacial score (nSPS) is 35.2. The molecule has 0 aromatic heterocycles. The van der Waals surface area contributed by atoms with E-state index in [0.29, 0.717) is 23.5 Å². The maximum atomic E-state index is 12.4. The number of nitrogens with zero attached hydrogens (tertiary/aromatic N) is 1. The zero-order valence-corrected chi connectivity index (χ0v) is 23.4. The van der Waals surface area contributed by atoms with E-state index in [2.05, 4.69) is 30.4 Å². The Balaban J connectivity index is 1.19. The zero-order valence-electron chi connectivity index (χ0n) is 23.4. The van der Waals surface area contributed by atoms with Crippen LogP contribution in [0.4, 0.5) is 0 Å². The van der Waals surface area contributed by atoms with E-state index in [4.69, 9.17) is 4.84 Å². The minimum atomic E-state index is -1.08. The molecule has 4 aliphatic carbocycles. The van der Waals surface area contributed by atoms with E-state index in [9.17, 15) is 19.5 Å². The number of aliphatic carboxylic acids is 1. The molecule has 7 atom stereocenters. The molecule has 0 aliphatic heterocycles. The number of fused-ring (bicyclic) bond motifs is 5. The molecule has 1 aromatic rings. The number of carboxylic acid groups (broad SMARTS) is 1. The van der Waals surface area contributed by atoms with Crippen molar-refractivity contribution in [2.24, 2.45) is 39.7 Å². The predicted molar refractivity (Wildman–Crippen MR) is 149 cm³/mol. The lowest BCUT2D eigenvalue weighted by Gasteiger charge is -2.58. The lowest BCUT2D eigenvalue weighted by atomic mass is 9.46. The van der Waals surface area contributed by atoms with Crippen molar-refractivity contribution in [3.63, 3.8) is 0 Å². The van der Waals surface area contributed by atoms with Crippen LogP contribution in [-0.2, 0) is 25.6 Å². The largest absolute Gasteiger partial charge is 0.480 e. The Morgan fingerprint density at radius 1 is 1.05 bits per heavy atom. The molecule has 0 spiro atoms. The summed E-state index contributed by atoms with van der Waals surface area (Å²) in [7, 11) is 0. The molecule has 0 saturated heterocycles. The van der Waals surface area contributed by atoms with Gasteiger partial charge in [0.1, 0.15) is 11.8 Å². The van der Waals surface area contributed by atoms with Gasteiger partial charge in [-0.1, -0.05) is 54.9 Å². The Labute approximate surface area is 231 Å². The van der Waals surface area contributed by atoms with E-state index >= 15 is 0 Å². The topological polar surface area (TPSA) is 105 Å². The molecule has 39 heavy (non-hydrogen) atoms. The summed E-state index contributed by atoms with van der Waals surface area (Å²) < 4.78 is 0. The van der Waals surface area contributed by atoms with Crippen LogP contribution in [0.25, 0.3) is 0 Å². The molecule has 1 amide bonds. The number of benzene rings is 1. The van der Waals surface area contributed by atoms with Gasteiger partial charge in [-0.2, -0.15) is 0 Å². The SMILES string of the molecule is CC(=O)[C@@H]1CC[C@H]2[C@H]3CCC4=CC(=NOCC(=O)N[C@@H](Cc5ccccc5)C(=O)O)CC[C@]4(C)[C@H]3CC[C@]12C. The number of hydrogen-bond acceptors (Lipinski definition) is 5. The molecule has 0 radical (unpaired) electrons. The summed E-state index contributed by atoms with van der Waals surface area (Å²) >= 11 is 0. The van der Waals surface area contributed by atoms with Crippen LogP contribution in [0.2, 0.25) is 0 Å². The van der Waals surface area contributed by atoms with Crippen LogP contribution >= 0.6 is 0 Å². The first-order valence-corrected chi connectivity index (χ1v) is 14.6. The number of carboxylic acids is 1. The van der Waals surface area contributed by atoms with E-state index in [1.807, 2.05) is 30.3 Å². The first kappa shape index (κ1) is 27.6. The number of allylic oxidation sites excluding steroid dienone is 2. The summed E-state index contributed by atoms with van der Waals surface area (Å²) in [4.78, 5) is 41.8. The van der Waals surface area contributed by atoms with Crippen LogP contribution < -0.4 is 5.32 Å². The molecule has 5 rings (SSSR count). The van der Waals surface area contributed by atoms with Crippen LogP contribution in [-0.4, -0.2) is 41.1 Å². The van der Waals surface area contributed by atoms with E-state index in [1.165, 1.54) is 24.8 Å². The summed E-state index contributed by atoms with van der Waals surface area (Å²) in [6, 6.07) is 8.21. The van der Waals surface area contributed by atoms with Crippen LogP contribution in [0, 0.1) is 34.5 Å². The standard InChI is InChI=1S/C32H42N2O5/c1-20(35)25-11-12-26-24-10-9-22-18-23(13-15-31(22,2)27(24)14-16-32(25,26)3)34-39-19-29(36)33-28(30(37)38)17-21-7-5-4-6-8-21/h4-8,18,24-28H,9-17,19H2,1-3H3,(H,33,36)(H,37,38)/t24-,25+,26+,27+,28+,31+,32-/m1/s1. The van der Waals surface area contributed by atoms with Gasteiger partial charge < -0.3 is 15.3 Å². The number of carbonyl (C=O) groups excluding carboxylic acids is 2. The molecule has 3 fully saturated rings. The van der Waals surface area contributed by atoms with Crippen molar-refractivity contribution >= 4 is 23.4 Å². The van der Waals surface area contributed by atoms with Gasteiger partial charge in [-0.15, -0.1) is 0 Å². The Hall–Kier alpha value is -2.96. The number of Topliss-reactive ketones (excluding diaryl/α,β-unsaturated/α-hetero) is 1. The number of oxime groups is 1. The lowest BCUT2D eigenvalue weighted by Crippen LogP contribution is -2.51. The van der Waals surface area contributed by atoms with Crippen molar-refractivity contribution < 1.29 is 24.3 Å².